The zero-order valence-electron chi connectivity index (χ0n) is 7.48. The molecule has 0 unspecified atom stereocenters. The third-order valence-electron chi connectivity index (χ3n) is 1.88. The van der Waals surface area contributed by atoms with Crippen molar-refractivity contribution in [1.29, 1.82) is 0 Å². The van der Waals surface area contributed by atoms with Crippen molar-refractivity contribution in [2.24, 2.45) is 0 Å². The van der Waals surface area contributed by atoms with Crippen molar-refractivity contribution < 1.29 is 4.39 Å². The Labute approximate surface area is 79.3 Å². The fourth-order valence-corrected chi connectivity index (χ4v) is 1.22. The minimum atomic E-state index is -0.294. The van der Waals surface area contributed by atoms with Gasteiger partial charge in [-0.2, -0.15) is 4.68 Å². The average Bonchev–Trinajstić information content (AvgIpc) is 2.52. The number of hydrogen-bond acceptors (Lipinski definition) is 4. The van der Waals surface area contributed by atoms with Crippen LogP contribution in [0.4, 0.5) is 10.3 Å². The first-order valence-electron chi connectivity index (χ1n) is 3.99. The molecule has 14 heavy (non-hydrogen) atoms. The van der Waals surface area contributed by atoms with Crippen molar-refractivity contribution in [3.63, 3.8) is 0 Å². The molecule has 2 rings (SSSR count). The number of halogens is 1. The molecule has 2 N–H and O–H groups in total. The van der Waals surface area contributed by atoms with Gasteiger partial charge in [-0.15, -0.1) is 0 Å². The lowest BCUT2D eigenvalue weighted by Gasteiger charge is -2.04. The molecular formula is C8H8FN5. The maximum absolute atomic E-state index is 12.8. The van der Waals surface area contributed by atoms with E-state index >= 15 is 0 Å². The van der Waals surface area contributed by atoms with Crippen LogP contribution < -0.4 is 5.73 Å². The third-order valence-corrected chi connectivity index (χ3v) is 1.88. The molecule has 0 radical (unpaired) electrons. The standard InChI is InChI=1S/C8H8FN5/c1-5-4-6(9)2-3-7(5)14-8(10)11-12-13-14/h2-4H,1H3,(H2,10,11,13). The summed E-state index contributed by atoms with van der Waals surface area (Å²) in [7, 11) is 0. The van der Waals surface area contributed by atoms with Gasteiger partial charge in [0, 0.05) is 0 Å². The second-order valence-corrected chi connectivity index (χ2v) is 2.88. The summed E-state index contributed by atoms with van der Waals surface area (Å²) in [6.07, 6.45) is 0. The number of hydrogen-bond donors (Lipinski definition) is 1. The van der Waals surface area contributed by atoms with Crippen molar-refractivity contribution in [1.82, 2.24) is 20.2 Å². The summed E-state index contributed by atoms with van der Waals surface area (Å²) in [5.41, 5.74) is 6.91. The highest BCUT2D eigenvalue weighted by Crippen LogP contribution is 2.15. The van der Waals surface area contributed by atoms with Gasteiger partial charge in [0.15, 0.2) is 0 Å². The Bertz CT molecular complexity index is 465. The highest BCUT2D eigenvalue weighted by molar-refractivity contribution is 5.42. The highest BCUT2D eigenvalue weighted by Gasteiger charge is 2.07. The molecule has 0 aliphatic carbocycles. The number of nitrogens with zero attached hydrogens (tertiary/aromatic N) is 4. The van der Waals surface area contributed by atoms with Crippen LogP contribution in [0.5, 0.6) is 0 Å². The van der Waals surface area contributed by atoms with Gasteiger partial charge in [0.2, 0.25) is 5.95 Å². The summed E-state index contributed by atoms with van der Waals surface area (Å²) >= 11 is 0. The molecular weight excluding hydrogens is 185 g/mol. The normalized spacial score (nSPS) is 10.4. The summed E-state index contributed by atoms with van der Waals surface area (Å²) in [6.45, 7) is 1.76. The Morgan fingerprint density at radius 1 is 1.43 bits per heavy atom. The SMILES string of the molecule is Cc1cc(F)ccc1-n1nnnc1N. The van der Waals surface area contributed by atoms with E-state index in [2.05, 4.69) is 15.5 Å². The Hall–Kier alpha value is -1.98. The fourth-order valence-electron chi connectivity index (χ4n) is 1.22. The summed E-state index contributed by atoms with van der Waals surface area (Å²) in [5.74, 6) is -0.113. The molecule has 1 heterocycles. The number of aryl methyl sites for hydroxylation is 1. The molecule has 0 atom stereocenters. The van der Waals surface area contributed by atoms with Crippen LogP contribution in [0, 0.1) is 12.7 Å². The van der Waals surface area contributed by atoms with Crippen LogP contribution in [0.15, 0.2) is 18.2 Å². The van der Waals surface area contributed by atoms with E-state index < -0.39 is 0 Å². The maximum atomic E-state index is 12.8. The molecule has 0 aliphatic heterocycles. The van der Waals surface area contributed by atoms with Crippen molar-refractivity contribution in [3.8, 4) is 5.69 Å². The molecule has 0 amide bonds. The van der Waals surface area contributed by atoms with E-state index in [0.717, 1.165) is 5.56 Å². The zero-order chi connectivity index (χ0) is 10.1. The summed E-state index contributed by atoms with van der Waals surface area (Å²) in [4.78, 5) is 0. The van der Waals surface area contributed by atoms with Crippen molar-refractivity contribution in [2.75, 3.05) is 5.73 Å². The van der Waals surface area contributed by atoms with E-state index in [1.807, 2.05) is 0 Å². The van der Waals surface area contributed by atoms with Gasteiger partial charge in [0.1, 0.15) is 5.82 Å². The van der Waals surface area contributed by atoms with Gasteiger partial charge in [0.25, 0.3) is 0 Å². The summed E-state index contributed by atoms with van der Waals surface area (Å²) < 4.78 is 14.2. The topological polar surface area (TPSA) is 69.6 Å². The first-order chi connectivity index (χ1) is 6.68. The number of rotatable bonds is 1. The molecule has 2 aromatic rings. The number of nitrogens with two attached hydrogens (primary N) is 1. The van der Waals surface area contributed by atoms with Crippen LogP contribution in [-0.2, 0) is 0 Å². The molecule has 0 bridgehead atoms. The summed E-state index contributed by atoms with van der Waals surface area (Å²) in [5, 5.41) is 10.6. The van der Waals surface area contributed by atoms with Gasteiger partial charge in [-0.25, -0.2) is 4.39 Å². The van der Waals surface area contributed by atoms with E-state index in [9.17, 15) is 4.39 Å². The monoisotopic (exact) mass is 193 g/mol. The quantitative estimate of drug-likeness (QED) is 0.723. The number of anilines is 1. The van der Waals surface area contributed by atoms with Gasteiger partial charge >= 0.3 is 0 Å². The van der Waals surface area contributed by atoms with Gasteiger partial charge in [-0.05, 0) is 41.1 Å². The number of tetrazole rings is 1. The second-order valence-electron chi connectivity index (χ2n) is 2.88. The molecule has 0 fully saturated rings. The Morgan fingerprint density at radius 2 is 2.21 bits per heavy atom. The molecule has 6 heteroatoms. The molecule has 72 valence electrons. The van der Waals surface area contributed by atoms with Crippen LogP contribution in [-0.4, -0.2) is 20.2 Å². The molecule has 0 spiro atoms. The van der Waals surface area contributed by atoms with Crippen molar-refractivity contribution >= 4 is 5.95 Å². The van der Waals surface area contributed by atoms with Crippen molar-refractivity contribution in [3.05, 3.63) is 29.6 Å². The van der Waals surface area contributed by atoms with Gasteiger partial charge in [-0.3, -0.25) is 0 Å². The molecule has 0 saturated carbocycles. The predicted molar refractivity (Wildman–Crippen MR) is 48.3 cm³/mol. The summed E-state index contributed by atoms with van der Waals surface area (Å²) in [6, 6.07) is 4.32. The van der Waals surface area contributed by atoms with E-state index in [1.54, 1.807) is 13.0 Å². The van der Waals surface area contributed by atoms with Crippen LogP contribution in [0.1, 0.15) is 5.56 Å². The molecule has 1 aromatic carbocycles. The first-order valence-corrected chi connectivity index (χ1v) is 3.99. The van der Waals surface area contributed by atoms with E-state index in [1.165, 1.54) is 16.8 Å². The van der Waals surface area contributed by atoms with E-state index in [0.29, 0.717) is 5.69 Å². The van der Waals surface area contributed by atoms with Crippen molar-refractivity contribution in [2.45, 2.75) is 6.92 Å². The minimum Gasteiger partial charge on any atom is -0.366 e. The van der Waals surface area contributed by atoms with Gasteiger partial charge < -0.3 is 5.73 Å². The van der Waals surface area contributed by atoms with Gasteiger partial charge in [0.05, 0.1) is 5.69 Å². The Balaban J connectivity index is 2.58. The van der Waals surface area contributed by atoms with Crippen LogP contribution in [0.2, 0.25) is 0 Å². The second kappa shape index (κ2) is 3.06. The lowest BCUT2D eigenvalue weighted by Crippen LogP contribution is -2.04. The van der Waals surface area contributed by atoms with Crippen LogP contribution in [0.3, 0.4) is 0 Å². The minimum absolute atomic E-state index is 0.180. The predicted octanol–water partition coefficient (Wildman–Crippen LogP) is 0.692. The molecule has 1 aromatic heterocycles. The lowest BCUT2D eigenvalue weighted by molar-refractivity contribution is 0.625. The average molecular weight is 193 g/mol. The van der Waals surface area contributed by atoms with Crippen LogP contribution in [0.25, 0.3) is 5.69 Å². The Kier molecular flexibility index (Phi) is 1.88. The number of aromatic nitrogens is 4. The zero-order valence-corrected chi connectivity index (χ0v) is 7.48. The Morgan fingerprint density at radius 3 is 2.79 bits per heavy atom. The van der Waals surface area contributed by atoms with Crippen LogP contribution >= 0.6 is 0 Å². The maximum Gasteiger partial charge on any atom is 0.245 e. The van der Waals surface area contributed by atoms with E-state index in [-0.39, 0.29) is 11.8 Å². The smallest absolute Gasteiger partial charge is 0.245 e. The lowest BCUT2D eigenvalue weighted by atomic mass is 10.2. The largest absolute Gasteiger partial charge is 0.366 e. The fraction of sp³-hybridized carbons (Fsp3) is 0.125. The number of nitrogen functional groups attached to an aromatic ring is 1. The van der Waals surface area contributed by atoms with E-state index in [4.69, 9.17) is 5.73 Å². The highest BCUT2D eigenvalue weighted by atomic mass is 19.1. The van der Waals surface area contributed by atoms with Gasteiger partial charge in [-0.1, -0.05) is 5.10 Å². The number of benzene rings is 1. The molecule has 0 aliphatic rings. The third kappa shape index (κ3) is 1.30. The molecule has 5 nitrogen and oxygen atoms in total. The first kappa shape index (κ1) is 8.61. The molecule has 0 saturated heterocycles.